The van der Waals surface area contributed by atoms with Crippen LogP contribution in [0.15, 0.2) is 78.9 Å². The van der Waals surface area contributed by atoms with Crippen LogP contribution in [0.1, 0.15) is 10.4 Å². The minimum atomic E-state index is -0.225. The molecule has 3 aromatic carbocycles. The molecule has 0 radical (unpaired) electrons. The number of rotatable bonds is 4. The lowest BCUT2D eigenvalue weighted by molar-refractivity contribution is 0.102. The molecule has 1 amide bonds. The zero-order chi connectivity index (χ0) is 19.5. The Labute approximate surface area is 167 Å². The molecule has 5 heteroatoms. The number of pyridine rings is 1. The van der Waals surface area contributed by atoms with Crippen molar-refractivity contribution in [3.05, 3.63) is 89.4 Å². The number of hydrogen-bond donors (Lipinski definition) is 1. The molecule has 138 valence electrons. The highest BCUT2D eigenvalue weighted by molar-refractivity contribution is 6.35. The lowest BCUT2D eigenvalue weighted by Crippen LogP contribution is -2.13. The van der Waals surface area contributed by atoms with Crippen molar-refractivity contribution in [2.75, 3.05) is 12.4 Å². The van der Waals surface area contributed by atoms with E-state index < -0.39 is 0 Å². The summed E-state index contributed by atoms with van der Waals surface area (Å²) in [6.45, 7) is 0. The third-order valence-corrected chi connectivity index (χ3v) is 4.76. The van der Waals surface area contributed by atoms with Crippen LogP contribution in [0, 0.1) is 0 Å². The highest BCUT2D eigenvalue weighted by atomic mass is 35.5. The number of fused-ring (bicyclic) bond motifs is 1. The van der Waals surface area contributed by atoms with Gasteiger partial charge >= 0.3 is 0 Å². The number of amides is 1. The number of hydrogen-bond acceptors (Lipinski definition) is 3. The maximum atomic E-state index is 13.1. The first-order valence-electron chi connectivity index (χ1n) is 8.76. The van der Waals surface area contributed by atoms with E-state index in [9.17, 15) is 4.79 Å². The summed E-state index contributed by atoms with van der Waals surface area (Å²) >= 11 is 6.38. The normalized spacial score (nSPS) is 10.6. The van der Waals surface area contributed by atoms with Gasteiger partial charge in [0.1, 0.15) is 5.75 Å². The fourth-order valence-corrected chi connectivity index (χ4v) is 3.25. The molecule has 0 saturated heterocycles. The minimum absolute atomic E-state index is 0.225. The van der Waals surface area contributed by atoms with Gasteiger partial charge in [-0.25, -0.2) is 4.98 Å². The molecule has 0 bridgehead atoms. The van der Waals surface area contributed by atoms with Gasteiger partial charge in [-0.1, -0.05) is 54.1 Å². The zero-order valence-corrected chi connectivity index (χ0v) is 15.9. The molecule has 0 atom stereocenters. The average molecular weight is 389 g/mol. The Balaban J connectivity index is 1.80. The molecule has 4 rings (SSSR count). The predicted octanol–water partition coefficient (Wildman–Crippen LogP) is 5.82. The second-order valence-electron chi connectivity index (χ2n) is 6.24. The number of methoxy groups -OCH3 is 1. The minimum Gasteiger partial charge on any atom is -0.497 e. The number of nitrogens with zero attached hydrogens (tertiary/aromatic N) is 1. The van der Waals surface area contributed by atoms with Crippen LogP contribution >= 0.6 is 11.6 Å². The van der Waals surface area contributed by atoms with Gasteiger partial charge in [-0.3, -0.25) is 4.79 Å². The van der Waals surface area contributed by atoms with E-state index in [0.29, 0.717) is 32.9 Å². The van der Waals surface area contributed by atoms with Gasteiger partial charge in [-0.2, -0.15) is 0 Å². The number of nitrogens with one attached hydrogen (secondary N) is 1. The summed E-state index contributed by atoms with van der Waals surface area (Å²) in [7, 11) is 1.60. The third kappa shape index (κ3) is 3.55. The van der Waals surface area contributed by atoms with E-state index >= 15 is 0 Å². The van der Waals surface area contributed by atoms with Crippen molar-refractivity contribution in [3.63, 3.8) is 0 Å². The SMILES string of the molecule is COc1ccc(NC(=O)c2cc(-c3ccccc3)nc3c(Cl)cccc23)cc1. The average Bonchev–Trinajstić information content (AvgIpc) is 2.74. The van der Waals surface area contributed by atoms with E-state index in [4.69, 9.17) is 16.3 Å². The van der Waals surface area contributed by atoms with Gasteiger partial charge in [-0.05, 0) is 36.4 Å². The second-order valence-corrected chi connectivity index (χ2v) is 6.65. The fraction of sp³-hybridized carbons (Fsp3) is 0.0435. The first-order chi connectivity index (χ1) is 13.7. The van der Waals surface area contributed by atoms with E-state index in [-0.39, 0.29) is 5.91 Å². The maximum Gasteiger partial charge on any atom is 0.256 e. The van der Waals surface area contributed by atoms with Crippen molar-refractivity contribution >= 4 is 34.1 Å². The van der Waals surface area contributed by atoms with E-state index in [0.717, 1.165) is 11.3 Å². The number of carbonyl (C=O) groups is 1. The van der Waals surface area contributed by atoms with E-state index in [1.807, 2.05) is 42.5 Å². The van der Waals surface area contributed by atoms with Crippen LogP contribution < -0.4 is 10.1 Å². The molecule has 0 aliphatic heterocycles. The summed E-state index contributed by atoms with van der Waals surface area (Å²) in [5.41, 5.74) is 3.41. The summed E-state index contributed by atoms with van der Waals surface area (Å²) in [5.74, 6) is 0.502. The molecule has 1 heterocycles. The van der Waals surface area contributed by atoms with Crippen molar-refractivity contribution in [1.29, 1.82) is 0 Å². The zero-order valence-electron chi connectivity index (χ0n) is 15.1. The van der Waals surface area contributed by atoms with Crippen LogP contribution in [-0.2, 0) is 0 Å². The summed E-state index contributed by atoms with van der Waals surface area (Å²) in [6.07, 6.45) is 0. The Morgan fingerprint density at radius 1 is 0.964 bits per heavy atom. The van der Waals surface area contributed by atoms with Gasteiger partial charge in [0.25, 0.3) is 5.91 Å². The van der Waals surface area contributed by atoms with Gasteiger partial charge in [-0.15, -0.1) is 0 Å². The molecule has 28 heavy (non-hydrogen) atoms. The van der Waals surface area contributed by atoms with Gasteiger partial charge in [0, 0.05) is 16.6 Å². The standard InChI is InChI=1S/C23H17ClN2O2/c1-28-17-12-10-16(11-13-17)25-23(27)19-14-21(15-6-3-2-4-7-15)26-22-18(19)8-5-9-20(22)24/h2-14H,1H3,(H,25,27). The summed E-state index contributed by atoms with van der Waals surface area (Å²) in [5, 5.41) is 4.15. The van der Waals surface area contributed by atoms with Crippen LogP contribution in [0.5, 0.6) is 5.75 Å². The molecule has 0 saturated carbocycles. The van der Waals surface area contributed by atoms with Crippen LogP contribution in [0.25, 0.3) is 22.2 Å². The topological polar surface area (TPSA) is 51.2 Å². The van der Waals surface area contributed by atoms with Gasteiger partial charge in [0.2, 0.25) is 0 Å². The van der Waals surface area contributed by atoms with E-state index in [1.165, 1.54) is 0 Å². The number of anilines is 1. The quantitative estimate of drug-likeness (QED) is 0.479. The highest BCUT2D eigenvalue weighted by Gasteiger charge is 2.16. The first-order valence-corrected chi connectivity index (χ1v) is 9.13. The molecule has 1 N–H and O–H groups in total. The van der Waals surface area contributed by atoms with Gasteiger partial charge < -0.3 is 10.1 Å². The molecule has 0 aliphatic carbocycles. The Morgan fingerprint density at radius 3 is 2.43 bits per heavy atom. The lowest BCUT2D eigenvalue weighted by atomic mass is 10.0. The van der Waals surface area contributed by atoms with E-state index in [1.54, 1.807) is 43.5 Å². The van der Waals surface area contributed by atoms with Crippen LogP contribution in [0.3, 0.4) is 0 Å². The molecule has 0 spiro atoms. The van der Waals surface area contributed by atoms with Crippen LogP contribution in [-0.4, -0.2) is 18.0 Å². The van der Waals surface area contributed by atoms with Crippen molar-refractivity contribution in [2.24, 2.45) is 0 Å². The Bertz CT molecular complexity index is 1140. The van der Waals surface area contributed by atoms with Crippen molar-refractivity contribution in [1.82, 2.24) is 4.98 Å². The van der Waals surface area contributed by atoms with Crippen molar-refractivity contribution in [2.45, 2.75) is 0 Å². The Kier molecular flexibility index (Phi) is 4.96. The van der Waals surface area contributed by atoms with Crippen LogP contribution in [0.4, 0.5) is 5.69 Å². The number of ether oxygens (including phenoxy) is 1. The fourth-order valence-electron chi connectivity index (χ4n) is 3.03. The smallest absolute Gasteiger partial charge is 0.256 e. The van der Waals surface area contributed by atoms with E-state index in [2.05, 4.69) is 10.3 Å². The van der Waals surface area contributed by atoms with Crippen molar-refractivity contribution < 1.29 is 9.53 Å². The molecule has 0 fully saturated rings. The number of carbonyl (C=O) groups excluding carboxylic acids is 1. The second kappa shape index (κ2) is 7.71. The monoisotopic (exact) mass is 388 g/mol. The molecule has 0 aliphatic rings. The number of para-hydroxylation sites is 1. The molecule has 4 aromatic rings. The Hall–Kier alpha value is -3.37. The number of benzene rings is 3. The summed E-state index contributed by atoms with van der Waals surface area (Å²) in [6, 6.07) is 24.2. The molecular formula is C23H17ClN2O2. The third-order valence-electron chi connectivity index (χ3n) is 4.45. The largest absolute Gasteiger partial charge is 0.497 e. The summed E-state index contributed by atoms with van der Waals surface area (Å²) in [4.78, 5) is 17.8. The highest BCUT2D eigenvalue weighted by Crippen LogP contribution is 2.29. The maximum absolute atomic E-state index is 13.1. The van der Waals surface area contributed by atoms with Crippen molar-refractivity contribution in [3.8, 4) is 17.0 Å². The number of halogens is 1. The number of aromatic nitrogens is 1. The van der Waals surface area contributed by atoms with Crippen LogP contribution in [0.2, 0.25) is 5.02 Å². The Morgan fingerprint density at radius 2 is 1.71 bits per heavy atom. The first kappa shape index (κ1) is 18.0. The molecule has 4 nitrogen and oxygen atoms in total. The summed E-state index contributed by atoms with van der Waals surface area (Å²) < 4.78 is 5.16. The van der Waals surface area contributed by atoms with Gasteiger partial charge in [0.05, 0.1) is 28.9 Å². The lowest BCUT2D eigenvalue weighted by Gasteiger charge is -2.12. The molecular weight excluding hydrogens is 372 g/mol. The molecule has 0 unspecified atom stereocenters. The predicted molar refractivity (Wildman–Crippen MR) is 113 cm³/mol. The van der Waals surface area contributed by atoms with Gasteiger partial charge in [0.15, 0.2) is 0 Å². The molecule has 1 aromatic heterocycles.